The zero-order chi connectivity index (χ0) is 17.0. The summed E-state index contributed by atoms with van der Waals surface area (Å²) in [5.74, 6) is 0.594. The predicted octanol–water partition coefficient (Wildman–Crippen LogP) is 0.194. The van der Waals surface area contributed by atoms with E-state index in [9.17, 15) is 9.59 Å². The molecule has 23 heavy (non-hydrogen) atoms. The van der Waals surface area contributed by atoms with Crippen LogP contribution in [0.1, 0.15) is 26.7 Å². The van der Waals surface area contributed by atoms with Gasteiger partial charge in [0.15, 0.2) is 5.82 Å². The maximum absolute atomic E-state index is 12.8. The number of anilines is 1. The van der Waals surface area contributed by atoms with Gasteiger partial charge >= 0.3 is 0 Å². The zero-order valence-electron chi connectivity index (χ0n) is 14.3. The smallest absolute Gasteiger partial charge is 0.293 e. The van der Waals surface area contributed by atoms with E-state index in [4.69, 9.17) is 5.73 Å². The molecule has 1 saturated heterocycles. The number of hydrogen-bond donors (Lipinski definition) is 1. The van der Waals surface area contributed by atoms with Crippen LogP contribution in [0.4, 0.5) is 5.82 Å². The van der Waals surface area contributed by atoms with E-state index in [1.165, 1.54) is 4.57 Å². The van der Waals surface area contributed by atoms with Crippen molar-refractivity contribution < 1.29 is 4.79 Å². The molecule has 1 aliphatic heterocycles. The molecule has 1 aromatic rings. The van der Waals surface area contributed by atoms with E-state index < -0.39 is 5.41 Å². The standard InChI is InChI=1S/C16H27N5O2/c1-4-16(5-2,12-17)15(23)21-10-8-20(9-11-21)13-14(22)19(3)7-6-18-13/h6-7H,4-5,8-12,17H2,1-3H3. The molecule has 1 aromatic heterocycles. The Balaban J connectivity index is 2.08. The summed E-state index contributed by atoms with van der Waals surface area (Å²) in [6.07, 6.45) is 4.77. The van der Waals surface area contributed by atoms with Crippen molar-refractivity contribution in [2.24, 2.45) is 18.2 Å². The lowest BCUT2D eigenvalue weighted by Gasteiger charge is -2.40. The van der Waals surface area contributed by atoms with E-state index in [2.05, 4.69) is 4.98 Å². The van der Waals surface area contributed by atoms with Gasteiger partial charge in [-0.25, -0.2) is 4.98 Å². The van der Waals surface area contributed by atoms with E-state index in [1.54, 1.807) is 19.4 Å². The van der Waals surface area contributed by atoms with Crippen molar-refractivity contribution in [2.75, 3.05) is 37.6 Å². The second-order valence-corrected chi connectivity index (χ2v) is 6.14. The molecule has 0 atom stereocenters. The minimum absolute atomic E-state index is 0.106. The van der Waals surface area contributed by atoms with Gasteiger partial charge < -0.3 is 20.1 Å². The van der Waals surface area contributed by atoms with E-state index >= 15 is 0 Å². The normalized spacial score (nSPS) is 15.8. The molecular formula is C16H27N5O2. The molecule has 2 N–H and O–H groups in total. The highest BCUT2D eigenvalue weighted by molar-refractivity contribution is 5.83. The van der Waals surface area contributed by atoms with Gasteiger partial charge in [-0.3, -0.25) is 9.59 Å². The van der Waals surface area contributed by atoms with E-state index in [0.29, 0.717) is 38.5 Å². The molecule has 0 unspecified atom stereocenters. The highest BCUT2D eigenvalue weighted by atomic mass is 16.2. The van der Waals surface area contributed by atoms with Crippen LogP contribution in [0.15, 0.2) is 17.2 Å². The summed E-state index contributed by atoms with van der Waals surface area (Å²) < 4.78 is 1.52. The Morgan fingerprint density at radius 2 is 1.87 bits per heavy atom. The summed E-state index contributed by atoms with van der Waals surface area (Å²) in [7, 11) is 1.71. The molecule has 0 radical (unpaired) electrons. The van der Waals surface area contributed by atoms with Crippen LogP contribution < -0.4 is 16.2 Å². The second kappa shape index (κ2) is 7.12. The maximum atomic E-state index is 12.8. The Morgan fingerprint density at radius 1 is 1.26 bits per heavy atom. The molecule has 0 spiro atoms. The summed E-state index contributed by atoms with van der Waals surface area (Å²) in [5, 5.41) is 0. The van der Waals surface area contributed by atoms with Gasteiger partial charge in [0.05, 0.1) is 5.41 Å². The molecule has 7 heteroatoms. The fourth-order valence-corrected chi connectivity index (χ4v) is 3.09. The van der Waals surface area contributed by atoms with Crippen LogP contribution in [0.5, 0.6) is 0 Å². The molecule has 1 amide bonds. The summed E-state index contributed by atoms with van der Waals surface area (Å²) in [4.78, 5) is 33.0. The van der Waals surface area contributed by atoms with Crippen LogP contribution >= 0.6 is 0 Å². The number of piperazine rings is 1. The lowest BCUT2D eigenvalue weighted by Crippen LogP contribution is -2.55. The third-order valence-corrected chi connectivity index (χ3v) is 5.06. The van der Waals surface area contributed by atoms with Gasteiger partial charge in [0.1, 0.15) is 0 Å². The number of rotatable bonds is 5. The number of carbonyl (C=O) groups excluding carboxylic acids is 1. The summed E-state index contributed by atoms with van der Waals surface area (Å²) in [5.41, 5.74) is 5.32. The van der Waals surface area contributed by atoms with Crippen LogP contribution in [-0.4, -0.2) is 53.1 Å². The fraction of sp³-hybridized carbons (Fsp3) is 0.688. The molecule has 2 heterocycles. The average molecular weight is 321 g/mol. The van der Waals surface area contributed by atoms with Gasteiger partial charge in [0.25, 0.3) is 5.56 Å². The minimum Gasteiger partial charge on any atom is -0.348 e. The lowest BCUT2D eigenvalue weighted by molar-refractivity contribution is -0.142. The van der Waals surface area contributed by atoms with Gasteiger partial charge in [-0.15, -0.1) is 0 Å². The van der Waals surface area contributed by atoms with Crippen LogP contribution in [0.3, 0.4) is 0 Å². The molecule has 0 bridgehead atoms. The Morgan fingerprint density at radius 3 is 2.39 bits per heavy atom. The van der Waals surface area contributed by atoms with Crippen molar-refractivity contribution in [3.05, 3.63) is 22.7 Å². The number of aromatic nitrogens is 2. The molecule has 128 valence electrons. The van der Waals surface area contributed by atoms with E-state index in [1.807, 2.05) is 23.6 Å². The van der Waals surface area contributed by atoms with Crippen molar-refractivity contribution in [1.29, 1.82) is 0 Å². The first-order valence-electron chi connectivity index (χ1n) is 8.25. The summed E-state index contributed by atoms with van der Waals surface area (Å²) in [6.45, 7) is 6.84. The van der Waals surface area contributed by atoms with Crippen LogP contribution in [-0.2, 0) is 11.8 Å². The van der Waals surface area contributed by atoms with E-state index in [0.717, 1.165) is 12.8 Å². The van der Waals surface area contributed by atoms with Crippen molar-refractivity contribution >= 4 is 11.7 Å². The predicted molar refractivity (Wildman–Crippen MR) is 90.3 cm³/mol. The minimum atomic E-state index is -0.455. The molecule has 7 nitrogen and oxygen atoms in total. The first-order chi connectivity index (χ1) is 11.0. The van der Waals surface area contributed by atoms with Crippen LogP contribution in [0.2, 0.25) is 0 Å². The first-order valence-corrected chi connectivity index (χ1v) is 8.25. The molecule has 0 saturated carbocycles. The van der Waals surface area contributed by atoms with Crippen LogP contribution in [0.25, 0.3) is 0 Å². The number of amides is 1. The fourth-order valence-electron chi connectivity index (χ4n) is 3.09. The highest BCUT2D eigenvalue weighted by Gasteiger charge is 2.38. The van der Waals surface area contributed by atoms with Crippen LogP contribution in [0, 0.1) is 5.41 Å². The molecular weight excluding hydrogens is 294 g/mol. The molecule has 0 aromatic carbocycles. The number of carbonyl (C=O) groups is 1. The van der Waals surface area contributed by atoms with Gasteiger partial charge in [-0.05, 0) is 12.8 Å². The first kappa shape index (κ1) is 17.5. The third kappa shape index (κ3) is 3.24. The third-order valence-electron chi connectivity index (χ3n) is 5.06. The van der Waals surface area contributed by atoms with Crippen molar-refractivity contribution in [3.63, 3.8) is 0 Å². The SMILES string of the molecule is CCC(CC)(CN)C(=O)N1CCN(c2nccn(C)c2=O)CC1. The summed E-state index contributed by atoms with van der Waals surface area (Å²) >= 11 is 0. The highest BCUT2D eigenvalue weighted by Crippen LogP contribution is 2.28. The topological polar surface area (TPSA) is 84.5 Å². The Labute approximate surface area is 137 Å². The van der Waals surface area contributed by atoms with Gasteiger partial charge in [-0.2, -0.15) is 0 Å². The Kier molecular flexibility index (Phi) is 5.41. The maximum Gasteiger partial charge on any atom is 0.293 e. The summed E-state index contributed by atoms with van der Waals surface area (Å²) in [6, 6.07) is 0. The Hall–Kier alpha value is -1.89. The molecule has 2 rings (SSSR count). The number of nitrogens with two attached hydrogens (primary N) is 1. The average Bonchev–Trinajstić information content (AvgIpc) is 2.59. The van der Waals surface area contributed by atoms with Crippen molar-refractivity contribution in [1.82, 2.24) is 14.5 Å². The number of hydrogen-bond acceptors (Lipinski definition) is 5. The Bertz CT molecular complexity index is 592. The molecule has 1 fully saturated rings. The van der Waals surface area contributed by atoms with Crippen molar-refractivity contribution in [3.8, 4) is 0 Å². The van der Waals surface area contributed by atoms with Gasteiger partial charge in [0.2, 0.25) is 5.91 Å². The number of aryl methyl sites for hydroxylation is 1. The van der Waals surface area contributed by atoms with Gasteiger partial charge in [0, 0.05) is 52.2 Å². The number of nitrogens with zero attached hydrogens (tertiary/aromatic N) is 4. The lowest BCUT2D eigenvalue weighted by atomic mass is 9.81. The van der Waals surface area contributed by atoms with E-state index in [-0.39, 0.29) is 11.5 Å². The largest absolute Gasteiger partial charge is 0.348 e. The van der Waals surface area contributed by atoms with Gasteiger partial charge in [-0.1, -0.05) is 13.8 Å². The monoisotopic (exact) mass is 321 g/mol. The zero-order valence-corrected chi connectivity index (χ0v) is 14.3. The second-order valence-electron chi connectivity index (χ2n) is 6.14. The molecule has 0 aliphatic carbocycles. The molecule has 1 aliphatic rings. The quantitative estimate of drug-likeness (QED) is 0.837. The van der Waals surface area contributed by atoms with Crippen molar-refractivity contribution in [2.45, 2.75) is 26.7 Å².